The van der Waals surface area contributed by atoms with E-state index in [4.69, 9.17) is 14.2 Å². The molecule has 0 saturated carbocycles. The maximum Gasteiger partial charge on any atom is 0.349 e. The van der Waals surface area contributed by atoms with Crippen molar-refractivity contribution in [3.8, 4) is 11.5 Å². The maximum atomic E-state index is 12.6. The lowest BCUT2D eigenvalue weighted by atomic mass is 10.2. The van der Waals surface area contributed by atoms with Crippen LogP contribution < -0.4 is 25.8 Å². The number of ether oxygens (including phenoxy) is 3. The summed E-state index contributed by atoms with van der Waals surface area (Å²) in [7, 11) is 1.54. The van der Waals surface area contributed by atoms with Crippen molar-refractivity contribution >= 4 is 28.4 Å². The Balaban J connectivity index is 1.64. The third kappa shape index (κ3) is 3.47. The summed E-state index contributed by atoms with van der Waals surface area (Å²) in [6, 6.07) is 11.7. The molecule has 1 aliphatic heterocycles. The number of fused-ring (bicyclic) bond motifs is 2. The van der Waals surface area contributed by atoms with E-state index in [1.807, 2.05) is 6.07 Å². The number of carbonyl (C=O) groups is 1. The topological polar surface area (TPSA) is 104 Å². The summed E-state index contributed by atoms with van der Waals surface area (Å²) in [4.78, 5) is 29.1. The fraction of sp³-hybridized carbons (Fsp3) is 0.211. The van der Waals surface area contributed by atoms with E-state index in [-0.39, 0.29) is 13.3 Å². The Kier molecular flexibility index (Phi) is 4.81. The number of hydrogen-bond acceptors (Lipinski definition) is 6. The molecule has 9 heteroatoms. The zero-order valence-corrected chi connectivity index (χ0v) is 15.1. The van der Waals surface area contributed by atoms with Crippen LogP contribution in [0.25, 0.3) is 10.9 Å². The van der Waals surface area contributed by atoms with Gasteiger partial charge in [-0.25, -0.2) is 9.59 Å². The van der Waals surface area contributed by atoms with Gasteiger partial charge >= 0.3 is 11.7 Å². The molecule has 2 aromatic carbocycles. The maximum absolute atomic E-state index is 12.6. The number of para-hydroxylation sites is 1. The fourth-order valence-corrected chi connectivity index (χ4v) is 2.94. The monoisotopic (exact) mass is 382 g/mol. The lowest BCUT2D eigenvalue weighted by molar-refractivity contribution is 0.174. The number of rotatable bonds is 5. The minimum Gasteiger partial charge on any atom is -0.454 e. The van der Waals surface area contributed by atoms with Crippen molar-refractivity contribution in [1.29, 1.82) is 0 Å². The molecular weight excluding hydrogens is 364 g/mol. The van der Waals surface area contributed by atoms with Crippen LogP contribution in [-0.4, -0.2) is 36.1 Å². The minimum atomic E-state index is -0.499. The predicted octanol–water partition coefficient (Wildman–Crippen LogP) is 2.42. The van der Waals surface area contributed by atoms with Crippen molar-refractivity contribution in [2.75, 3.05) is 31.1 Å². The molecular formula is C19H18N4O5. The van der Waals surface area contributed by atoms with Gasteiger partial charge in [-0.3, -0.25) is 9.88 Å². The van der Waals surface area contributed by atoms with Crippen LogP contribution in [0.15, 0.2) is 47.3 Å². The number of anilines is 2. The van der Waals surface area contributed by atoms with Crippen LogP contribution >= 0.6 is 0 Å². The summed E-state index contributed by atoms with van der Waals surface area (Å²) >= 11 is 0. The zero-order valence-electron chi connectivity index (χ0n) is 15.1. The zero-order chi connectivity index (χ0) is 19.5. The predicted molar refractivity (Wildman–Crippen MR) is 103 cm³/mol. The first kappa shape index (κ1) is 17.8. The number of benzene rings is 2. The summed E-state index contributed by atoms with van der Waals surface area (Å²) < 4.78 is 17.0. The number of aromatic nitrogens is 2. The van der Waals surface area contributed by atoms with Crippen LogP contribution in [0.5, 0.6) is 11.5 Å². The Morgan fingerprint density at radius 1 is 1.18 bits per heavy atom. The van der Waals surface area contributed by atoms with Crippen LogP contribution in [0.3, 0.4) is 0 Å². The van der Waals surface area contributed by atoms with Gasteiger partial charge in [-0.2, -0.15) is 4.98 Å². The minimum absolute atomic E-state index is 0.153. The van der Waals surface area contributed by atoms with E-state index in [1.54, 1.807) is 43.5 Å². The number of amides is 2. The molecule has 3 aromatic rings. The number of methoxy groups -OCH3 is 1. The third-order valence-electron chi connectivity index (χ3n) is 4.26. The second-order valence-corrected chi connectivity index (χ2v) is 6.05. The van der Waals surface area contributed by atoms with E-state index in [1.165, 1.54) is 4.57 Å². The molecule has 0 bridgehead atoms. The average Bonchev–Trinajstić information content (AvgIpc) is 3.15. The van der Waals surface area contributed by atoms with Gasteiger partial charge in [-0.05, 0) is 24.3 Å². The van der Waals surface area contributed by atoms with Crippen LogP contribution in [0.2, 0.25) is 0 Å². The standard InChI is InChI=1S/C19H18N4O5/c1-26-9-8-23-17(13-4-2-3-5-14(13)21-19(23)25)22-18(24)20-12-6-7-15-16(10-12)28-11-27-15/h2-7,10H,8-9,11H2,1H3,(H2,20,22,24). The summed E-state index contributed by atoms with van der Waals surface area (Å²) in [5, 5.41) is 6.15. The second kappa shape index (κ2) is 7.57. The molecule has 4 rings (SSSR count). The van der Waals surface area contributed by atoms with Crippen molar-refractivity contribution in [1.82, 2.24) is 9.55 Å². The number of hydrogen-bond donors (Lipinski definition) is 2. The lowest BCUT2D eigenvalue weighted by Crippen LogP contribution is -2.30. The highest BCUT2D eigenvalue weighted by Crippen LogP contribution is 2.34. The van der Waals surface area contributed by atoms with Gasteiger partial charge in [0, 0.05) is 24.2 Å². The van der Waals surface area contributed by atoms with E-state index >= 15 is 0 Å². The molecule has 0 unspecified atom stereocenters. The molecule has 2 N–H and O–H groups in total. The van der Waals surface area contributed by atoms with E-state index in [2.05, 4.69) is 15.6 Å². The Hall–Kier alpha value is -3.59. The normalized spacial score (nSPS) is 12.2. The molecule has 0 spiro atoms. The first-order chi connectivity index (χ1) is 13.7. The molecule has 28 heavy (non-hydrogen) atoms. The van der Waals surface area contributed by atoms with Gasteiger partial charge in [0.1, 0.15) is 5.82 Å². The van der Waals surface area contributed by atoms with Gasteiger partial charge in [0.05, 0.1) is 18.7 Å². The SMILES string of the molecule is COCCn1c(NC(=O)Nc2ccc3c(c2)OCO3)c2ccccc2nc1=O. The van der Waals surface area contributed by atoms with Crippen molar-refractivity contribution in [2.24, 2.45) is 0 Å². The summed E-state index contributed by atoms with van der Waals surface area (Å²) in [6.07, 6.45) is 0. The second-order valence-electron chi connectivity index (χ2n) is 6.05. The van der Waals surface area contributed by atoms with E-state index in [0.717, 1.165) is 0 Å². The summed E-state index contributed by atoms with van der Waals surface area (Å²) in [5.74, 6) is 1.54. The molecule has 0 atom stereocenters. The van der Waals surface area contributed by atoms with Crippen molar-refractivity contribution in [2.45, 2.75) is 6.54 Å². The smallest absolute Gasteiger partial charge is 0.349 e. The van der Waals surface area contributed by atoms with E-state index < -0.39 is 11.7 Å². The third-order valence-corrected chi connectivity index (χ3v) is 4.26. The molecule has 1 aliphatic rings. The summed E-state index contributed by atoms with van der Waals surface area (Å²) in [6.45, 7) is 0.713. The van der Waals surface area contributed by atoms with E-state index in [0.29, 0.717) is 40.5 Å². The van der Waals surface area contributed by atoms with Gasteiger partial charge in [-0.1, -0.05) is 12.1 Å². The number of nitrogens with one attached hydrogen (secondary N) is 2. The van der Waals surface area contributed by atoms with Gasteiger partial charge < -0.3 is 19.5 Å². The molecule has 0 radical (unpaired) electrons. The van der Waals surface area contributed by atoms with Gasteiger partial charge in [-0.15, -0.1) is 0 Å². The number of carbonyl (C=O) groups excluding carboxylic acids is 1. The Morgan fingerprint density at radius 2 is 2.00 bits per heavy atom. The van der Waals surface area contributed by atoms with Gasteiger partial charge in [0.15, 0.2) is 11.5 Å². The molecule has 1 aromatic heterocycles. The fourth-order valence-electron chi connectivity index (χ4n) is 2.94. The highest BCUT2D eigenvalue weighted by molar-refractivity contribution is 6.04. The molecule has 144 valence electrons. The number of urea groups is 1. The quantitative estimate of drug-likeness (QED) is 0.702. The van der Waals surface area contributed by atoms with Crippen LogP contribution in [0.1, 0.15) is 0 Å². The molecule has 0 fully saturated rings. The van der Waals surface area contributed by atoms with Crippen LogP contribution in [-0.2, 0) is 11.3 Å². The van der Waals surface area contributed by atoms with Gasteiger partial charge in [0.25, 0.3) is 0 Å². The Labute approximate surface area is 159 Å². The highest BCUT2D eigenvalue weighted by Gasteiger charge is 2.16. The number of nitrogens with zero attached hydrogens (tertiary/aromatic N) is 2. The van der Waals surface area contributed by atoms with Crippen molar-refractivity contribution in [3.05, 3.63) is 52.9 Å². The summed E-state index contributed by atoms with van der Waals surface area (Å²) in [5.41, 5.74) is 0.569. The molecule has 0 aliphatic carbocycles. The first-order valence-electron chi connectivity index (χ1n) is 8.62. The van der Waals surface area contributed by atoms with Crippen LogP contribution in [0, 0.1) is 0 Å². The van der Waals surface area contributed by atoms with Crippen molar-refractivity contribution in [3.63, 3.8) is 0 Å². The van der Waals surface area contributed by atoms with E-state index in [9.17, 15) is 9.59 Å². The Morgan fingerprint density at radius 3 is 2.86 bits per heavy atom. The lowest BCUT2D eigenvalue weighted by Gasteiger charge is -2.16. The highest BCUT2D eigenvalue weighted by atomic mass is 16.7. The molecule has 2 heterocycles. The molecule has 2 amide bonds. The van der Waals surface area contributed by atoms with Gasteiger partial charge in [0.2, 0.25) is 6.79 Å². The van der Waals surface area contributed by atoms with Crippen LogP contribution in [0.4, 0.5) is 16.3 Å². The van der Waals surface area contributed by atoms with Crippen molar-refractivity contribution < 1.29 is 19.0 Å². The Bertz CT molecular complexity index is 1100. The first-order valence-corrected chi connectivity index (χ1v) is 8.62. The molecule has 0 saturated heterocycles. The average molecular weight is 382 g/mol. The molecule has 9 nitrogen and oxygen atoms in total. The largest absolute Gasteiger partial charge is 0.454 e.